The molecule has 5 rings (SSSR count). The number of aryl methyl sites for hydroxylation is 1. The van der Waals surface area contributed by atoms with E-state index in [0.29, 0.717) is 11.1 Å². The van der Waals surface area contributed by atoms with E-state index in [1.54, 1.807) is 6.07 Å². The zero-order chi connectivity index (χ0) is 24.9. The number of carbonyl (C=O) groups excluding carboxylic acids is 2. The molecule has 3 aromatic carbocycles. The van der Waals surface area contributed by atoms with E-state index in [2.05, 4.69) is 4.98 Å². The van der Waals surface area contributed by atoms with E-state index in [1.165, 1.54) is 52.6 Å². The molecule has 8 nitrogen and oxygen atoms in total. The fourth-order valence-corrected chi connectivity index (χ4v) is 5.10. The molecule has 1 saturated heterocycles. The predicted molar refractivity (Wildman–Crippen MR) is 129 cm³/mol. The van der Waals surface area contributed by atoms with Gasteiger partial charge in [0.15, 0.2) is 5.13 Å². The number of anilines is 1. The van der Waals surface area contributed by atoms with E-state index in [4.69, 9.17) is 0 Å². The summed E-state index contributed by atoms with van der Waals surface area (Å²) in [6.45, 7) is 1.92. The van der Waals surface area contributed by atoms with Crippen LogP contribution in [0.25, 0.3) is 16.0 Å². The summed E-state index contributed by atoms with van der Waals surface area (Å²) in [5, 5.41) is 22.4. The molecule has 0 saturated carbocycles. The van der Waals surface area contributed by atoms with Crippen molar-refractivity contribution in [2.24, 2.45) is 0 Å². The number of thiazole rings is 1. The number of hydrogen-bond acceptors (Lipinski definition) is 7. The van der Waals surface area contributed by atoms with Crippen LogP contribution in [0.4, 0.5) is 15.2 Å². The van der Waals surface area contributed by atoms with Crippen LogP contribution in [0.1, 0.15) is 22.7 Å². The summed E-state index contributed by atoms with van der Waals surface area (Å²) in [4.78, 5) is 42.7. The molecule has 1 aliphatic heterocycles. The summed E-state index contributed by atoms with van der Waals surface area (Å²) in [6, 6.07) is 14.7. The second-order valence-corrected chi connectivity index (χ2v) is 9.00. The molecule has 0 spiro atoms. The Morgan fingerprint density at radius 3 is 2.43 bits per heavy atom. The van der Waals surface area contributed by atoms with Crippen LogP contribution in [0.2, 0.25) is 0 Å². The Bertz CT molecular complexity index is 1540. The first-order valence-corrected chi connectivity index (χ1v) is 11.2. The van der Waals surface area contributed by atoms with Gasteiger partial charge >= 0.3 is 5.91 Å². The molecule has 1 atom stereocenters. The summed E-state index contributed by atoms with van der Waals surface area (Å²) in [6.07, 6.45) is 0. The van der Waals surface area contributed by atoms with Gasteiger partial charge in [0.05, 0.1) is 26.8 Å². The highest BCUT2D eigenvalue weighted by atomic mass is 32.1. The average molecular weight is 489 g/mol. The summed E-state index contributed by atoms with van der Waals surface area (Å²) in [5.41, 5.74) is 1.77. The van der Waals surface area contributed by atoms with Gasteiger partial charge in [0.25, 0.3) is 11.5 Å². The van der Waals surface area contributed by atoms with E-state index < -0.39 is 34.2 Å². The lowest BCUT2D eigenvalue weighted by Crippen LogP contribution is -2.29. The number of hydrogen-bond donors (Lipinski definition) is 1. The summed E-state index contributed by atoms with van der Waals surface area (Å²) in [5.74, 6) is -2.84. The van der Waals surface area contributed by atoms with Crippen molar-refractivity contribution in [2.75, 3.05) is 4.90 Å². The number of aliphatic hydroxyl groups excluding tert-OH is 1. The normalized spacial score (nSPS) is 17.3. The Kier molecular flexibility index (Phi) is 5.37. The number of aromatic nitrogens is 1. The van der Waals surface area contributed by atoms with Crippen molar-refractivity contribution in [3.05, 3.63) is 105 Å². The number of ketones is 1. The molecule has 1 N–H and O–H groups in total. The summed E-state index contributed by atoms with van der Waals surface area (Å²) >= 11 is 1.21. The molecule has 0 aliphatic carbocycles. The van der Waals surface area contributed by atoms with Gasteiger partial charge in [-0.05, 0) is 66.6 Å². The molecular formula is C25H16FN3O5S. The van der Waals surface area contributed by atoms with E-state index >= 15 is 0 Å². The van der Waals surface area contributed by atoms with Crippen LogP contribution in [0.15, 0.2) is 72.3 Å². The number of nitro benzene ring substituents is 1. The molecular weight excluding hydrogens is 473 g/mol. The van der Waals surface area contributed by atoms with E-state index in [1.807, 2.05) is 19.1 Å². The van der Waals surface area contributed by atoms with Crippen molar-refractivity contribution >= 4 is 49.8 Å². The zero-order valence-electron chi connectivity index (χ0n) is 18.1. The third-order valence-corrected chi connectivity index (χ3v) is 6.74. The van der Waals surface area contributed by atoms with Crippen LogP contribution in [0, 0.1) is 22.9 Å². The van der Waals surface area contributed by atoms with Crippen LogP contribution in [0.5, 0.6) is 0 Å². The molecule has 2 heterocycles. The molecule has 0 bridgehead atoms. The summed E-state index contributed by atoms with van der Waals surface area (Å²) < 4.78 is 14.2. The number of benzene rings is 3. The fraction of sp³-hybridized carbons (Fsp3) is 0.0800. The van der Waals surface area contributed by atoms with Crippen molar-refractivity contribution in [2.45, 2.75) is 13.0 Å². The number of halogens is 1. The summed E-state index contributed by atoms with van der Waals surface area (Å²) in [7, 11) is 0. The van der Waals surface area contributed by atoms with Gasteiger partial charge in [-0.2, -0.15) is 0 Å². The largest absolute Gasteiger partial charge is 0.507 e. The van der Waals surface area contributed by atoms with Gasteiger partial charge in [-0.3, -0.25) is 24.6 Å². The van der Waals surface area contributed by atoms with Crippen molar-refractivity contribution < 1.29 is 24.0 Å². The van der Waals surface area contributed by atoms with Crippen LogP contribution in [-0.2, 0) is 9.59 Å². The molecule has 1 fully saturated rings. The molecule has 4 aromatic rings. The van der Waals surface area contributed by atoms with Crippen LogP contribution in [0.3, 0.4) is 0 Å². The molecule has 1 aliphatic rings. The number of aliphatic hydroxyl groups is 1. The number of rotatable bonds is 4. The quantitative estimate of drug-likeness (QED) is 0.137. The monoisotopic (exact) mass is 489 g/mol. The van der Waals surface area contributed by atoms with Gasteiger partial charge in [-0.25, -0.2) is 9.37 Å². The Morgan fingerprint density at radius 1 is 1.09 bits per heavy atom. The van der Waals surface area contributed by atoms with E-state index in [9.17, 15) is 29.2 Å². The van der Waals surface area contributed by atoms with Crippen molar-refractivity contribution in [3.8, 4) is 0 Å². The topological polar surface area (TPSA) is 114 Å². The van der Waals surface area contributed by atoms with Gasteiger partial charge < -0.3 is 5.11 Å². The van der Waals surface area contributed by atoms with Gasteiger partial charge in [0, 0.05) is 17.7 Å². The van der Waals surface area contributed by atoms with Crippen LogP contribution >= 0.6 is 11.3 Å². The lowest BCUT2D eigenvalue weighted by Gasteiger charge is -2.22. The van der Waals surface area contributed by atoms with Gasteiger partial charge in [-0.1, -0.05) is 17.4 Å². The van der Waals surface area contributed by atoms with Gasteiger partial charge in [0.1, 0.15) is 11.6 Å². The smallest absolute Gasteiger partial charge is 0.301 e. The maximum atomic E-state index is 13.4. The minimum Gasteiger partial charge on any atom is -0.507 e. The highest BCUT2D eigenvalue weighted by Gasteiger charge is 2.48. The van der Waals surface area contributed by atoms with E-state index in [-0.39, 0.29) is 22.0 Å². The number of Topliss-reactive ketones (excluding diaryl/α,β-unsaturated/α-hetero) is 1. The number of amides is 1. The highest BCUT2D eigenvalue weighted by Crippen LogP contribution is 2.44. The first-order valence-electron chi connectivity index (χ1n) is 10.4. The van der Waals surface area contributed by atoms with Crippen molar-refractivity contribution in [1.82, 2.24) is 4.98 Å². The predicted octanol–water partition coefficient (Wildman–Crippen LogP) is 5.28. The van der Waals surface area contributed by atoms with Crippen molar-refractivity contribution in [3.63, 3.8) is 0 Å². The Hall–Kier alpha value is -4.44. The minimum absolute atomic E-state index is 0.149. The molecule has 1 aromatic heterocycles. The lowest BCUT2D eigenvalue weighted by molar-refractivity contribution is -0.384. The second-order valence-electron chi connectivity index (χ2n) is 7.99. The van der Waals surface area contributed by atoms with Gasteiger partial charge in [-0.15, -0.1) is 0 Å². The van der Waals surface area contributed by atoms with E-state index in [0.717, 1.165) is 22.4 Å². The third-order valence-electron chi connectivity index (χ3n) is 5.72. The minimum atomic E-state index is -1.09. The Balaban J connectivity index is 1.72. The molecule has 1 amide bonds. The number of fused-ring (bicyclic) bond motifs is 1. The number of carbonyl (C=O) groups is 2. The first-order chi connectivity index (χ1) is 16.7. The molecule has 10 heteroatoms. The number of nitrogens with zero attached hydrogens (tertiary/aromatic N) is 3. The van der Waals surface area contributed by atoms with Crippen molar-refractivity contribution in [1.29, 1.82) is 0 Å². The molecule has 174 valence electrons. The molecule has 35 heavy (non-hydrogen) atoms. The van der Waals surface area contributed by atoms with Crippen LogP contribution in [-0.4, -0.2) is 26.7 Å². The average Bonchev–Trinajstić information content (AvgIpc) is 3.37. The highest BCUT2D eigenvalue weighted by molar-refractivity contribution is 7.22. The standard InChI is InChI=1S/C25H16FN3O5S/c1-13-2-11-18-19(12-13)35-25(27-18)28-21(14-5-9-17(10-6-14)29(33)34)20(23(31)24(28)32)22(30)15-3-7-16(26)8-4-15/h2-12,21,30H,1H3/b22-20+. The maximum absolute atomic E-state index is 13.4. The zero-order valence-corrected chi connectivity index (χ0v) is 19.0. The number of nitro groups is 1. The Labute approximate surface area is 201 Å². The second kappa shape index (κ2) is 8.41. The number of non-ortho nitro benzene ring substituents is 1. The fourth-order valence-electron chi connectivity index (χ4n) is 4.01. The maximum Gasteiger partial charge on any atom is 0.301 e. The first kappa shape index (κ1) is 22.4. The Morgan fingerprint density at radius 2 is 1.77 bits per heavy atom. The SMILES string of the molecule is Cc1ccc2nc(N3C(=O)C(=O)/C(=C(/O)c4ccc(F)cc4)C3c3ccc([N+](=O)[O-])cc3)sc2c1. The third kappa shape index (κ3) is 3.83. The molecule has 1 unspecified atom stereocenters. The van der Waals surface area contributed by atoms with Crippen LogP contribution < -0.4 is 4.90 Å². The van der Waals surface area contributed by atoms with Gasteiger partial charge in [0.2, 0.25) is 0 Å². The lowest BCUT2D eigenvalue weighted by atomic mass is 9.95. The molecule has 0 radical (unpaired) electrons.